The molecule has 3 N–H and O–H groups in total. The Morgan fingerprint density at radius 1 is 1.00 bits per heavy atom. The maximum atomic E-state index is 12.4. The van der Waals surface area contributed by atoms with Crippen molar-refractivity contribution in [2.45, 2.75) is 12.0 Å². The first-order valence-electron chi connectivity index (χ1n) is 9.70. The van der Waals surface area contributed by atoms with Crippen LogP contribution in [0.4, 0.5) is 0 Å². The number of benzene rings is 2. The number of hydrogen-bond donors (Lipinski definition) is 3. The van der Waals surface area contributed by atoms with E-state index in [0.29, 0.717) is 45.4 Å². The zero-order chi connectivity index (χ0) is 22.3. The van der Waals surface area contributed by atoms with Gasteiger partial charge in [-0.2, -0.15) is 0 Å². The Morgan fingerprint density at radius 2 is 1.58 bits per heavy atom. The van der Waals surface area contributed by atoms with Crippen LogP contribution in [-0.2, 0) is 4.79 Å². The van der Waals surface area contributed by atoms with Crippen molar-refractivity contribution >= 4 is 5.97 Å². The molecular weight excluding hydrogens is 408 g/mol. The average molecular weight is 432 g/mol. The molecule has 31 heavy (non-hydrogen) atoms. The minimum atomic E-state index is -1.19. The number of rotatable bonds is 6. The van der Waals surface area contributed by atoms with Gasteiger partial charge in [-0.3, -0.25) is 4.79 Å². The lowest BCUT2D eigenvalue weighted by atomic mass is 9.65. The molecular formula is C22H24O9. The quantitative estimate of drug-likeness (QED) is 0.628. The van der Waals surface area contributed by atoms with Gasteiger partial charge in [-0.25, -0.2) is 0 Å². The summed E-state index contributed by atoms with van der Waals surface area (Å²) in [5, 5.41) is 31.0. The Morgan fingerprint density at radius 3 is 2.06 bits per heavy atom. The molecule has 0 saturated carbocycles. The van der Waals surface area contributed by atoms with Crippen molar-refractivity contribution in [2.24, 2.45) is 11.8 Å². The van der Waals surface area contributed by atoms with Gasteiger partial charge in [-0.15, -0.1) is 0 Å². The van der Waals surface area contributed by atoms with Crippen molar-refractivity contribution in [1.82, 2.24) is 0 Å². The fraction of sp³-hybridized carbons (Fsp3) is 0.409. The molecule has 0 bridgehead atoms. The van der Waals surface area contributed by atoms with Gasteiger partial charge in [0, 0.05) is 18.4 Å². The van der Waals surface area contributed by atoms with E-state index < -0.39 is 36.4 Å². The Hall–Kier alpha value is -3.17. The summed E-state index contributed by atoms with van der Waals surface area (Å²) in [4.78, 5) is 12.4. The zero-order valence-electron chi connectivity index (χ0n) is 17.3. The molecule has 2 aromatic rings. The van der Waals surface area contributed by atoms with Crippen molar-refractivity contribution in [2.75, 3.05) is 34.7 Å². The molecule has 0 unspecified atom stereocenters. The molecule has 2 aliphatic rings. The van der Waals surface area contributed by atoms with Crippen LogP contribution < -0.4 is 23.7 Å². The fourth-order valence-corrected chi connectivity index (χ4v) is 4.57. The maximum Gasteiger partial charge on any atom is 0.307 e. The zero-order valence-corrected chi connectivity index (χ0v) is 17.3. The molecule has 1 heterocycles. The first-order valence-corrected chi connectivity index (χ1v) is 9.70. The molecule has 2 aromatic carbocycles. The van der Waals surface area contributed by atoms with E-state index in [1.165, 1.54) is 21.3 Å². The number of aliphatic hydroxyl groups is 2. The summed E-state index contributed by atoms with van der Waals surface area (Å²) in [5.74, 6) is -1.87. The second-order valence-corrected chi connectivity index (χ2v) is 7.43. The summed E-state index contributed by atoms with van der Waals surface area (Å²) >= 11 is 0. The van der Waals surface area contributed by atoms with Gasteiger partial charge in [0.25, 0.3) is 0 Å². The van der Waals surface area contributed by atoms with Gasteiger partial charge in [0.1, 0.15) is 0 Å². The molecule has 0 spiro atoms. The lowest BCUT2D eigenvalue weighted by molar-refractivity contribution is -0.148. The highest BCUT2D eigenvalue weighted by atomic mass is 16.7. The summed E-state index contributed by atoms with van der Waals surface area (Å²) < 4.78 is 27.2. The van der Waals surface area contributed by atoms with E-state index in [0.717, 1.165) is 0 Å². The van der Waals surface area contributed by atoms with Crippen LogP contribution in [0.25, 0.3) is 0 Å². The molecule has 0 amide bonds. The van der Waals surface area contributed by atoms with E-state index in [4.69, 9.17) is 23.7 Å². The van der Waals surface area contributed by atoms with Gasteiger partial charge in [0.2, 0.25) is 12.5 Å². The number of hydrogen-bond acceptors (Lipinski definition) is 8. The van der Waals surface area contributed by atoms with Crippen LogP contribution in [0, 0.1) is 11.8 Å². The highest BCUT2D eigenvalue weighted by Crippen LogP contribution is 2.53. The molecule has 1 aliphatic carbocycles. The maximum absolute atomic E-state index is 12.4. The third-order valence-corrected chi connectivity index (χ3v) is 6.00. The number of fused-ring (bicyclic) bond motifs is 2. The molecule has 0 aromatic heterocycles. The summed E-state index contributed by atoms with van der Waals surface area (Å²) in [6.45, 7) is -0.470. The van der Waals surface area contributed by atoms with E-state index in [1.54, 1.807) is 24.3 Å². The Labute approximate surface area is 178 Å². The van der Waals surface area contributed by atoms with Gasteiger partial charge < -0.3 is 39.0 Å². The van der Waals surface area contributed by atoms with E-state index in [9.17, 15) is 20.1 Å². The van der Waals surface area contributed by atoms with E-state index in [2.05, 4.69) is 0 Å². The fourth-order valence-electron chi connectivity index (χ4n) is 4.57. The van der Waals surface area contributed by atoms with Crippen molar-refractivity contribution in [3.63, 3.8) is 0 Å². The van der Waals surface area contributed by atoms with Crippen molar-refractivity contribution < 1.29 is 43.8 Å². The molecule has 166 valence electrons. The van der Waals surface area contributed by atoms with E-state index in [1.807, 2.05) is 0 Å². The number of aliphatic carboxylic acids is 1. The van der Waals surface area contributed by atoms with Crippen molar-refractivity contribution in [3.05, 3.63) is 41.0 Å². The first kappa shape index (κ1) is 21.1. The summed E-state index contributed by atoms with van der Waals surface area (Å²) in [5.41, 5.74) is 1.63. The Balaban J connectivity index is 1.99. The van der Waals surface area contributed by atoms with Crippen LogP contribution >= 0.6 is 0 Å². The van der Waals surface area contributed by atoms with Gasteiger partial charge >= 0.3 is 5.97 Å². The largest absolute Gasteiger partial charge is 0.493 e. The summed E-state index contributed by atoms with van der Waals surface area (Å²) in [6.07, 6.45) is -1.19. The standard InChI is InChI=1S/C22H24O9/c1-27-16-4-10(5-17(28-2)21(16)29-3)18-11-6-14-15(31-9-30-14)7-12(11)20(24)13(8-23)19(18)22(25)26/h4-7,13,18-20,23-24H,8-9H2,1-3H3,(H,25,26)/t13-,18-,19-,20+/m1/s1. The number of ether oxygens (including phenoxy) is 5. The Bertz CT molecular complexity index is 978. The minimum Gasteiger partial charge on any atom is -0.493 e. The van der Waals surface area contributed by atoms with E-state index >= 15 is 0 Å². The predicted molar refractivity (Wildman–Crippen MR) is 107 cm³/mol. The summed E-state index contributed by atoms with van der Waals surface area (Å²) in [6, 6.07) is 6.71. The third kappa shape index (κ3) is 3.30. The smallest absolute Gasteiger partial charge is 0.307 e. The average Bonchev–Trinajstić information content (AvgIpc) is 3.24. The van der Waals surface area contributed by atoms with Crippen LogP contribution in [0.15, 0.2) is 24.3 Å². The lowest BCUT2D eigenvalue weighted by Gasteiger charge is -2.40. The van der Waals surface area contributed by atoms with Gasteiger partial charge in [0.05, 0.1) is 33.4 Å². The highest BCUT2D eigenvalue weighted by Gasteiger charge is 2.47. The molecule has 0 saturated heterocycles. The number of carboxylic acid groups (broad SMARTS) is 1. The molecule has 9 nitrogen and oxygen atoms in total. The minimum absolute atomic E-state index is 0.0367. The number of methoxy groups -OCH3 is 3. The third-order valence-electron chi connectivity index (χ3n) is 6.00. The lowest BCUT2D eigenvalue weighted by Crippen LogP contribution is -2.40. The van der Waals surface area contributed by atoms with Crippen LogP contribution in [0.1, 0.15) is 28.7 Å². The van der Waals surface area contributed by atoms with Crippen LogP contribution in [-0.4, -0.2) is 56.0 Å². The molecule has 1 aliphatic heterocycles. The molecule has 4 atom stereocenters. The normalized spacial score (nSPS) is 23.8. The van der Waals surface area contributed by atoms with Crippen LogP contribution in [0.2, 0.25) is 0 Å². The molecule has 4 rings (SSSR count). The topological polar surface area (TPSA) is 124 Å². The number of carbonyl (C=O) groups is 1. The number of aliphatic hydroxyl groups excluding tert-OH is 2. The second kappa shape index (κ2) is 8.16. The van der Waals surface area contributed by atoms with Crippen LogP contribution in [0.5, 0.6) is 28.7 Å². The first-order chi connectivity index (χ1) is 14.9. The highest BCUT2D eigenvalue weighted by molar-refractivity contribution is 5.75. The van der Waals surface area contributed by atoms with E-state index in [-0.39, 0.29) is 6.79 Å². The summed E-state index contributed by atoms with van der Waals surface area (Å²) in [7, 11) is 4.43. The van der Waals surface area contributed by atoms with Crippen molar-refractivity contribution in [3.8, 4) is 28.7 Å². The molecule has 0 radical (unpaired) electrons. The SMILES string of the molecule is COc1cc([C@@H]2c3cc4c(cc3[C@H](O)[C@H](CO)[C@H]2C(=O)O)OCO4)cc(OC)c1OC. The predicted octanol–water partition coefficient (Wildman–Crippen LogP) is 1.93. The molecule has 9 heteroatoms. The monoisotopic (exact) mass is 432 g/mol. The van der Waals surface area contributed by atoms with Gasteiger partial charge in [0.15, 0.2) is 23.0 Å². The number of carboxylic acids is 1. The van der Waals surface area contributed by atoms with Crippen LogP contribution in [0.3, 0.4) is 0 Å². The Kier molecular flexibility index (Phi) is 5.55. The second-order valence-electron chi connectivity index (χ2n) is 7.43. The van der Waals surface area contributed by atoms with Crippen molar-refractivity contribution in [1.29, 1.82) is 0 Å². The molecule has 0 fully saturated rings. The van der Waals surface area contributed by atoms with Gasteiger partial charge in [-0.1, -0.05) is 0 Å². The van der Waals surface area contributed by atoms with Gasteiger partial charge in [-0.05, 0) is 41.0 Å².